The lowest BCUT2D eigenvalue weighted by molar-refractivity contribution is 0.102. The molecule has 0 saturated carbocycles. The van der Waals surface area contributed by atoms with Gasteiger partial charge in [0, 0.05) is 7.11 Å². The van der Waals surface area contributed by atoms with Crippen LogP contribution in [-0.2, 0) is 11.3 Å². The van der Waals surface area contributed by atoms with E-state index in [1.54, 1.807) is 18.0 Å². The Morgan fingerprint density at radius 3 is 2.88 bits per heavy atom. The fourth-order valence-electron chi connectivity index (χ4n) is 1.51. The number of hydrogen-bond acceptors (Lipinski definition) is 3. The average Bonchev–Trinajstić information content (AvgIpc) is 2.65. The zero-order valence-corrected chi connectivity index (χ0v) is 10.7. The molecule has 1 aromatic heterocycles. The van der Waals surface area contributed by atoms with Gasteiger partial charge in [0.05, 0.1) is 36.2 Å². The summed E-state index contributed by atoms with van der Waals surface area (Å²) in [6.07, 6.45) is 1.89. The summed E-state index contributed by atoms with van der Waals surface area (Å²) in [5.74, 6) is 0.162. The largest absolute Gasteiger partial charge is 0.386 e. The third-order valence-corrected chi connectivity index (χ3v) is 3.09. The van der Waals surface area contributed by atoms with E-state index in [1.807, 2.05) is 13.8 Å². The van der Waals surface area contributed by atoms with Gasteiger partial charge in [0.15, 0.2) is 0 Å². The summed E-state index contributed by atoms with van der Waals surface area (Å²) in [6.45, 7) is 5.19. The molecule has 0 amide bonds. The fraction of sp³-hybridized carbons (Fsp3) is 0.727. The van der Waals surface area contributed by atoms with Crippen molar-refractivity contribution in [2.45, 2.75) is 32.9 Å². The van der Waals surface area contributed by atoms with Crippen LogP contribution >= 0.6 is 11.6 Å². The minimum Gasteiger partial charge on any atom is -0.386 e. The van der Waals surface area contributed by atoms with E-state index in [1.165, 1.54) is 0 Å². The normalized spacial score (nSPS) is 15.1. The van der Waals surface area contributed by atoms with Gasteiger partial charge in [0.1, 0.15) is 0 Å². The standard InChI is InChI=1S/C11H19ClN2O2/c1-4-8(2)11(15)10-9(12)7-13-14(10)5-6-16-3/h7-8,11,15H,4-6H2,1-3H3. The SMILES string of the molecule is CCC(C)C(O)c1c(Cl)cnn1CCOC. The van der Waals surface area contributed by atoms with Crippen LogP contribution in [0.1, 0.15) is 32.1 Å². The monoisotopic (exact) mass is 246 g/mol. The molecule has 0 aromatic carbocycles. The minimum atomic E-state index is -0.572. The van der Waals surface area contributed by atoms with Gasteiger partial charge in [-0.05, 0) is 5.92 Å². The molecule has 0 aliphatic rings. The van der Waals surface area contributed by atoms with Crippen LogP contribution in [0, 0.1) is 5.92 Å². The Bertz CT molecular complexity index is 328. The van der Waals surface area contributed by atoms with Gasteiger partial charge in [-0.15, -0.1) is 0 Å². The van der Waals surface area contributed by atoms with Gasteiger partial charge in [-0.3, -0.25) is 4.68 Å². The van der Waals surface area contributed by atoms with Gasteiger partial charge in [-0.1, -0.05) is 31.9 Å². The highest BCUT2D eigenvalue weighted by Gasteiger charge is 2.22. The smallest absolute Gasteiger partial charge is 0.0997 e. The maximum absolute atomic E-state index is 10.2. The molecule has 1 N–H and O–H groups in total. The number of hydrogen-bond donors (Lipinski definition) is 1. The van der Waals surface area contributed by atoms with Gasteiger partial charge >= 0.3 is 0 Å². The summed E-state index contributed by atoms with van der Waals surface area (Å²) in [7, 11) is 1.63. The Hall–Kier alpha value is -0.580. The van der Waals surface area contributed by atoms with Crippen LogP contribution in [0.3, 0.4) is 0 Å². The summed E-state index contributed by atoms with van der Waals surface area (Å²) in [5, 5.41) is 14.8. The lowest BCUT2D eigenvalue weighted by Crippen LogP contribution is -2.17. The average molecular weight is 247 g/mol. The fourth-order valence-corrected chi connectivity index (χ4v) is 1.77. The number of methoxy groups -OCH3 is 1. The Morgan fingerprint density at radius 2 is 2.31 bits per heavy atom. The predicted molar refractivity (Wildman–Crippen MR) is 63.5 cm³/mol. The number of ether oxygens (including phenoxy) is 1. The highest BCUT2D eigenvalue weighted by atomic mass is 35.5. The first-order valence-corrected chi connectivity index (χ1v) is 5.87. The molecule has 2 unspecified atom stereocenters. The molecule has 92 valence electrons. The van der Waals surface area contributed by atoms with Crippen LogP contribution in [0.4, 0.5) is 0 Å². The number of nitrogens with zero attached hydrogens (tertiary/aromatic N) is 2. The molecule has 16 heavy (non-hydrogen) atoms. The third kappa shape index (κ3) is 2.97. The molecule has 5 heteroatoms. The zero-order valence-electron chi connectivity index (χ0n) is 9.98. The van der Waals surface area contributed by atoms with Gasteiger partial charge in [0.25, 0.3) is 0 Å². The van der Waals surface area contributed by atoms with Crippen molar-refractivity contribution in [1.29, 1.82) is 0 Å². The van der Waals surface area contributed by atoms with Crippen LogP contribution in [-0.4, -0.2) is 28.6 Å². The molecule has 1 rings (SSSR count). The Morgan fingerprint density at radius 1 is 1.62 bits per heavy atom. The van der Waals surface area contributed by atoms with E-state index in [0.717, 1.165) is 6.42 Å². The number of aliphatic hydroxyl groups excluding tert-OH is 1. The molecule has 0 spiro atoms. The number of aliphatic hydroxyl groups is 1. The molecule has 0 radical (unpaired) electrons. The van der Waals surface area contributed by atoms with Gasteiger partial charge in [0.2, 0.25) is 0 Å². The second-order valence-electron chi connectivity index (χ2n) is 3.92. The molecule has 1 heterocycles. The van der Waals surface area contributed by atoms with Crippen LogP contribution in [0.2, 0.25) is 5.02 Å². The summed E-state index contributed by atoms with van der Waals surface area (Å²) in [4.78, 5) is 0. The Kier molecular flexibility index (Phi) is 5.25. The highest BCUT2D eigenvalue weighted by Crippen LogP contribution is 2.29. The molecule has 0 fully saturated rings. The summed E-state index contributed by atoms with van der Waals surface area (Å²) < 4.78 is 6.70. The first-order chi connectivity index (χ1) is 7.61. The minimum absolute atomic E-state index is 0.162. The molecule has 1 aromatic rings. The van der Waals surface area contributed by atoms with Crippen molar-refractivity contribution in [2.24, 2.45) is 5.92 Å². The van der Waals surface area contributed by atoms with E-state index in [4.69, 9.17) is 16.3 Å². The molecule has 0 aliphatic carbocycles. The van der Waals surface area contributed by atoms with E-state index in [0.29, 0.717) is 23.9 Å². The third-order valence-electron chi connectivity index (χ3n) is 2.80. The maximum Gasteiger partial charge on any atom is 0.0997 e. The number of aromatic nitrogens is 2. The Labute approximate surface area is 101 Å². The molecule has 2 atom stereocenters. The zero-order chi connectivity index (χ0) is 12.1. The first-order valence-electron chi connectivity index (χ1n) is 5.50. The van der Waals surface area contributed by atoms with E-state index < -0.39 is 6.10 Å². The van der Waals surface area contributed by atoms with E-state index >= 15 is 0 Å². The van der Waals surface area contributed by atoms with Crippen molar-refractivity contribution in [1.82, 2.24) is 9.78 Å². The second kappa shape index (κ2) is 6.23. The number of halogens is 1. The summed E-state index contributed by atoms with van der Waals surface area (Å²) >= 11 is 6.04. The molecular formula is C11H19ClN2O2. The molecular weight excluding hydrogens is 228 g/mol. The predicted octanol–water partition coefficient (Wildman–Crippen LogP) is 2.26. The van der Waals surface area contributed by atoms with Gasteiger partial charge in [-0.25, -0.2) is 0 Å². The van der Waals surface area contributed by atoms with Gasteiger partial charge < -0.3 is 9.84 Å². The van der Waals surface area contributed by atoms with Crippen molar-refractivity contribution in [3.63, 3.8) is 0 Å². The molecule has 0 saturated heterocycles. The molecule has 0 bridgehead atoms. The van der Waals surface area contributed by atoms with Crippen molar-refractivity contribution >= 4 is 11.6 Å². The second-order valence-corrected chi connectivity index (χ2v) is 4.33. The van der Waals surface area contributed by atoms with Crippen molar-refractivity contribution in [3.05, 3.63) is 16.9 Å². The van der Waals surface area contributed by atoms with Crippen LogP contribution in [0.15, 0.2) is 6.20 Å². The highest BCUT2D eigenvalue weighted by molar-refractivity contribution is 6.31. The maximum atomic E-state index is 10.2. The first kappa shape index (κ1) is 13.5. The lowest BCUT2D eigenvalue weighted by atomic mass is 9.99. The molecule has 4 nitrogen and oxygen atoms in total. The van der Waals surface area contributed by atoms with Crippen molar-refractivity contribution in [3.8, 4) is 0 Å². The van der Waals surface area contributed by atoms with E-state index in [9.17, 15) is 5.11 Å². The van der Waals surface area contributed by atoms with E-state index in [2.05, 4.69) is 5.10 Å². The lowest BCUT2D eigenvalue weighted by Gasteiger charge is -2.19. The topological polar surface area (TPSA) is 47.3 Å². The Balaban J connectivity index is 2.87. The summed E-state index contributed by atoms with van der Waals surface area (Å²) in [5.41, 5.74) is 0.688. The van der Waals surface area contributed by atoms with Crippen LogP contribution in [0.5, 0.6) is 0 Å². The molecule has 0 aliphatic heterocycles. The van der Waals surface area contributed by atoms with E-state index in [-0.39, 0.29) is 5.92 Å². The van der Waals surface area contributed by atoms with Crippen molar-refractivity contribution < 1.29 is 9.84 Å². The quantitative estimate of drug-likeness (QED) is 0.838. The van der Waals surface area contributed by atoms with Gasteiger partial charge in [-0.2, -0.15) is 5.10 Å². The number of rotatable bonds is 6. The van der Waals surface area contributed by atoms with Crippen molar-refractivity contribution in [2.75, 3.05) is 13.7 Å². The van der Waals surface area contributed by atoms with Crippen LogP contribution in [0.25, 0.3) is 0 Å². The van der Waals surface area contributed by atoms with Crippen LogP contribution < -0.4 is 0 Å². The summed E-state index contributed by atoms with van der Waals surface area (Å²) in [6, 6.07) is 0.